The Bertz CT molecular complexity index is 372. The molecule has 0 heteroatoms. The zero-order valence-electron chi connectivity index (χ0n) is 16.8. The first-order valence-corrected chi connectivity index (χ1v) is 10.9. The standard InChI is InChI=1S/C24H42/c1-4-7-8-9-10-12-16-23-18-20-24(21-19-23)17-14-11-13-15-22(5-2)6-3/h18-22H,4-17H2,1-3H3. The van der Waals surface area contributed by atoms with Crippen LogP contribution < -0.4 is 0 Å². The van der Waals surface area contributed by atoms with Gasteiger partial charge in [-0.1, -0.05) is 109 Å². The van der Waals surface area contributed by atoms with E-state index in [1.807, 2.05) is 0 Å². The number of hydrogen-bond donors (Lipinski definition) is 0. The SMILES string of the molecule is CCCCCCCCc1ccc(CCCCCC(CC)CC)cc1. The molecule has 0 saturated carbocycles. The highest BCUT2D eigenvalue weighted by atomic mass is 14.1. The van der Waals surface area contributed by atoms with Crippen LogP contribution in [0.25, 0.3) is 0 Å². The Morgan fingerprint density at radius 1 is 0.583 bits per heavy atom. The quantitative estimate of drug-likeness (QED) is 0.285. The summed E-state index contributed by atoms with van der Waals surface area (Å²) in [4.78, 5) is 0. The molecule has 0 aromatic heterocycles. The molecule has 0 N–H and O–H groups in total. The van der Waals surface area contributed by atoms with Gasteiger partial charge in [0.2, 0.25) is 0 Å². The van der Waals surface area contributed by atoms with Gasteiger partial charge in [0.15, 0.2) is 0 Å². The molecule has 1 aromatic rings. The van der Waals surface area contributed by atoms with Crippen LogP contribution in [-0.2, 0) is 12.8 Å². The summed E-state index contributed by atoms with van der Waals surface area (Å²) in [6.45, 7) is 6.95. The lowest BCUT2D eigenvalue weighted by molar-refractivity contribution is 0.430. The molecule has 0 unspecified atom stereocenters. The fraction of sp³-hybridized carbons (Fsp3) is 0.750. The summed E-state index contributed by atoms with van der Waals surface area (Å²) in [5.41, 5.74) is 3.06. The van der Waals surface area contributed by atoms with E-state index >= 15 is 0 Å². The van der Waals surface area contributed by atoms with Crippen LogP contribution in [0.3, 0.4) is 0 Å². The first-order chi connectivity index (χ1) is 11.8. The molecule has 1 rings (SSSR count). The maximum Gasteiger partial charge on any atom is -0.0279 e. The van der Waals surface area contributed by atoms with Crippen molar-refractivity contribution in [2.45, 2.75) is 111 Å². The Kier molecular flexibility index (Phi) is 12.9. The van der Waals surface area contributed by atoms with Gasteiger partial charge >= 0.3 is 0 Å². The molecular formula is C24H42. The summed E-state index contributed by atoms with van der Waals surface area (Å²) in [5.74, 6) is 0.964. The van der Waals surface area contributed by atoms with Crippen molar-refractivity contribution in [1.29, 1.82) is 0 Å². The monoisotopic (exact) mass is 330 g/mol. The number of hydrogen-bond acceptors (Lipinski definition) is 0. The smallest absolute Gasteiger partial charge is 0.0279 e. The van der Waals surface area contributed by atoms with Crippen molar-refractivity contribution in [2.75, 3.05) is 0 Å². The summed E-state index contributed by atoms with van der Waals surface area (Å²) in [7, 11) is 0. The second kappa shape index (κ2) is 14.6. The first-order valence-electron chi connectivity index (χ1n) is 10.9. The Morgan fingerprint density at radius 3 is 1.54 bits per heavy atom. The van der Waals surface area contributed by atoms with Crippen molar-refractivity contribution < 1.29 is 0 Å². The van der Waals surface area contributed by atoms with E-state index in [0.717, 1.165) is 5.92 Å². The van der Waals surface area contributed by atoms with Crippen molar-refractivity contribution in [3.63, 3.8) is 0 Å². The van der Waals surface area contributed by atoms with Gasteiger partial charge in [-0.05, 0) is 42.7 Å². The van der Waals surface area contributed by atoms with Gasteiger partial charge < -0.3 is 0 Å². The maximum atomic E-state index is 2.37. The second-order valence-corrected chi connectivity index (χ2v) is 7.62. The van der Waals surface area contributed by atoms with Crippen molar-refractivity contribution in [3.05, 3.63) is 35.4 Å². The van der Waals surface area contributed by atoms with E-state index in [2.05, 4.69) is 45.0 Å². The van der Waals surface area contributed by atoms with E-state index in [1.165, 1.54) is 101 Å². The lowest BCUT2D eigenvalue weighted by Crippen LogP contribution is -1.96. The van der Waals surface area contributed by atoms with E-state index < -0.39 is 0 Å². The Balaban J connectivity index is 2.09. The normalized spacial score (nSPS) is 11.3. The molecule has 0 spiro atoms. The van der Waals surface area contributed by atoms with Crippen molar-refractivity contribution in [3.8, 4) is 0 Å². The Hall–Kier alpha value is -0.780. The summed E-state index contributed by atoms with van der Waals surface area (Å²) in [5, 5.41) is 0. The van der Waals surface area contributed by atoms with Gasteiger partial charge in [0.25, 0.3) is 0 Å². The average Bonchev–Trinajstić information content (AvgIpc) is 2.62. The van der Waals surface area contributed by atoms with Gasteiger partial charge in [0, 0.05) is 0 Å². The van der Waals surface area contributed by atoms with Crippen LogP contribution in [0.2, 0.25) is 0 Å². The van der Waals surface area contributed by atoms with Crippen molar-refractivity contribution >= 4 is 0 Å². The molecule has 0 bridgehead atoms. The van der Waals surface area contributed by atoms with E-state index in [1.54, 1.807) is 0 Å². The van der Waals surface area contributed by atoms with Gasteiger partial charge in [-0.2, -0.15) is 0 Å². The van der Waals surface area contributed by atoms with Gasteiger partial charge in [-0.15, -0.1) is 0 Å². The lowest BCUT2D eigenvalue weighted by Gasteiger charge is -2.11. The number of unbranched alkanes of at least 4 members (excludes halogenated alkanes) is 7. The molecule has 0 saturated heterocycles. The predicted molar refractivity (Wildman–Crippen MR) is 110 cm³/mol. The highest BCUT2D eigenvalue weighted by Gasteiger charge is 2.02. The summed E-state index contributed by atoms with van der Waals surface area (Å²) >= 11 is 0. The molecule has 0 radical (unpaired) electrons. The van der Waals surface area contributed by atoms with Gasteiger partial charge in [0.1, 0.15) is 0 Å². The molecule has 0 aliphatic rings. The Morgan fingerprint density at radius 2 is 1.04 bits per heavy atom. The molecule has 1 aromatic carbocycles. The Labute approximate surface area is 152 Å². The van der Waals surface area contributed by atoms with Crippen molar-refractivity contribution in [1.82, 2.24) is 0 Å². The summed E-state index contributed by atoms with van der Waals surface area (Å²) in [6, 6.07) is 9.47. The van der Waals surface area contributed by atoms with E-state index in [0.29, 0.717) is 0 Å². The van der Waals surface area contributed by atoms with Crippen LogP contribution in [0.5, 0.6) is 0 Å². The fourth-order valence-electron chi connectivity index (χ4n) is 3.62. The van der Waals surface area contributed by atoms with Crippen LogP contribution in [0.1, 0.15) is 109 Å². The molecule has 0 amide bonds. The van der Waals surface area contributed by atoms with Gasteiger partial charge in [-0.25, -0.2) is 0 Å². The molecule has 24 heavy (non-hydrogen) atoms. The number of aryl methyl sites for hydroxylation is 2. The third-order valence-corrected chi connectivity index (χ3v) is 5.57. The molecule has 0 aliphatic heterocycles. The zero-order valence-corrected chi connectivity index (χ0v) is 16.8. The van der Waals surface area contributed by atoms with E-state index in [-0.39, 0.29) is 0 Å². The fourth-order valence-corrected chi connectivity index (χ4v) is 3.62. The minimum absolute atomic E-state index is 0.964. The minimum Gasteiger partial charge on any atom is -0.0654 e. The van der Waals surface area contributed by atoms with Crippen LogP contribution in [0.15, 0.2) is 24.3 Å². The van der Waals surface area contributed by atoms with E-state index in [4.69, 9.17) is 0 Å². The molecule has 0 fully saturated rings. The highest BCUT2D eigenvalue weighted by molar-refractivity contribution is 5.22. The average molecular weight is 331 g/mol. The molecule has 138 valence electrons. The topological polar surface area (TPSA) is 0 Å². The zero-order chi connectivity index (χ0) is 17.5. The minimum atomic E-state index is 0.964. The van der Waals surface area contributed by atoms with Crippen LogP contribution in [0.4, 0.5) is 0 Å². The van der Waals surface area contributed by atoms with Gasteiger partial charge in [-0.3, -0.25) is 0 Å². The van der Waals surface area contributed by atoms with Crippen LogP contribution in [0, 0.1) is 5.92 Å². The third kappa shape index (κ3) is 10.2. The maximum absolute atomic E-state index is 2.37. The molecule has 0 heterocycles. The second-order valence-electron chi connectivity index (χ2n) is 7.62. The van der Waals surface area contributed by atoms with E-state index in [9.17, 15) is 0 Å². The summed E-state index contributed by atoms with van der Waals surface area (Å²) < 4.78 is 0. The van der Waals surface area contributed by atoms with Crippen LogP contribution in [-0.4, -0.2) is 0 Å². The number of benzene rings is 1. The number of rotatable bonds is 15. The molecule has 0 aliphatic carbocycles. The highest BCUT2D eigenvalue weighted by Crippen LogP contribution is 2.18. The largest absolute Gasteiger partial charge is 0.0654 e. The first kappa shape index (κ1) is 21.3. The van der Waals surface area contributed by atoms with Gasteiger partial charge in [0.05, 0.1) is 0 Å². The third-order valence-electron chi connectivity index (χ3n) is 5.57. The molecule has 0 atom stereocenters. The summed E-state index contributed by atoms with van der Waals surface area (Å²) in [6.07, 6.45) is 19.2. The lowest BCUT2D eigenvalue weighted by atomic mass is 9.95. The predicted octanol–water partition coefficient (Wildman–Crippen LogP) is 8.13. The van der Waals surface area contributed by atoms with Crippen LogP contribution >= 0.6 is 0 Å². The van der Waals surface area contributed by atoms with Crippen molar-refractivity contribution in [2.24, 2.45) is 5.92 Å². The molecular weight excluding hydrogens is 288 g/mol. The molecule has 0 nitrogen and oxygen atoms in total.